The molecule has 2 rings (SSSR count). The van der Waals surface area contributed by atoms with E-state index < -0.39 is 12.0 Å². The summed E-state index contributed by atoms with van der Waals surface area (Å²) in [4.78, 5) is 35.8. The van der Waals surface area contributed by atoms with E-state index >= 15 is 0 Å². The molecule has 2 heterocycles. The predicted molar refractivity (Wildman–Crippen MR) is 58.1 cm³/mol. The van der Waals surface area contributed by atoms with Gasteiger partial charge in [0.1, 0.15) is 6.04 Å². The van der Waals surface area contributed by atoms with Crippen molar-refractivity contribution >= 4 is 17.8 Å². The maximum absolute atomic E-state index is 12.1. The number of carbonyl (C=O) groups is 3. The Bertz CT molecular complexity index is 355. The molecular formula is C11H16N2O4. The molecule has 2 saturated heterocycles. The Labute approximate surface area is 99.0 Å². The summed E-state index contributed by atoms with van der Waals surface area (Å²) >= 11 is 0. The van der Waals surface area contributed by atoms with Crippen LogP contribution in [0.2, 0.25) is 0 Å². The molecule has 1 unspecified atom stereocenters. The SMILES string of the molecule is O=C1CC(C(=O)N2CCC[C@H]2C(=O)O)CCN1. The molecule has 17 heavy (non-hydrogen) atoms. The van der Waals surface area contributed by atoms with Gasteiger partial charge in [-0.25, -0.2) is 4.79 Å². The van der Waals surface area contributed by atoms with Gasteiger partial charge in [-0.15, -0.1) is 0 Å². The molecule has 2 amide bonds. The Morgan fingerprint density at radius 2 is 2.12 bits per heavy atom. The largest absolute Gasteiger partial charge is 0.480 e. The van der Waals surface area contributed by atoms with E-state index in [-0.39, 0.29) is 24.2 Å². The fourth-order valence-corrected chi connectivity index (χ4v) is 2.52. The van der Waals surface area contributed by atoms with Gasteiger partial charge in [-0.3, -0.25) is 9.59 Å². The van der Waals surface area contributed by atoms with E-state index in [0.29, 0.717) is 25.9 Å². The van der Waals surface area contributed by atoms with Gasteiger partial charge in [0.15, 0.2) is 0 Å². The lowest BCUT2D eigenvalue weighted by Gasteiger charge is -2.28. The minimum atomic E-state index is -0.948. The van der Waals surface area contributed by atoms with Crippen molar-refractivity contribution in [1.29, 1.82) is 0 Å². The molecule has 0 bridgehead atoms. The number of hydrogen-bond acceptors (Lipinski definition) is 3. The zero-order chi connectivity index (χ0) is 12.4. The number of nitrogens with zero attached hydrogens (tertiary/aromatic N) is 1. The molecule has 0 radical (unpaired) electrons. The highest BCUT2D eigenvalue weighted by Crippen LogP contribution is 2.23. The maximum Gasteiger partial charge on any atom is 0.326 e. The van der Waals surface area contributed by atoms with Crippen LogP contribution in [-0.4, -0.2) is 46.9 Å². The number of carbonyl (C=O) groups excluding carboxylic acids is 2. The molecule has 0 aromatic rings. The standard InChI is InChI=1S/C11H16N2O4/c14-9-6-7(3-4-12-9)10(15)13-5-1-2-8(13)11(16)17/h7-8H,1-6H2,(H,12,14)(H,16,17)/t7?,8-/m0/s1. The summed E-state index contributed by atoms with van der Waals surface area (Å²) in [5.41, 5.74) is 0. The molecule has 0 spiro atoms. The first-order chi connectivity index (χ1) is 8.09. The second kappa shape index (κ2) is 4.73. The van der Waals surface area contributed by atoms with Gasteiger partial charge in [0, 0.05) is 25.4 Å². The molecule has 94 valence electrons. The molecule has 0 aromatic carbocycles. The lowest BCUT2D eigenvalue weighted by atomic mass is 9.95. The van der Waals surface area contributed by atoms with E-state index in [2.05, 4.69) is 5.32 Å². The smallest absolute Gasteiger partial charge is 0.326 e. The summed E-state index contributed by atoms with van der Waals surface area (Å²) in [6, 6.07) is -0.701. The highest BCUT2D eigenvalue weighted by atomic mass is 16.4. The number of amides is 2. The molecule has 6 nitrogen and oxygen atoms in total. The van der Waals surface area contributed by atoms with Gasteiger partial charge in [0.05, 0.1) is 0 Å². The summed E-state index contributed by atoms with van der Waals surface area (Å²) < 4.78 is 0. The van der Waals surface area contributed by atoms with Gasteiger partial charge in [-0.1, -0.05) is 0 Å². The Kier molecular flexibility index (Phi) is 3.31. The first kappa shape index (κ1) is 11.9. The molecule has 2 N–H and O–H groups in total. The van der Waals surface area contributed by atoms with Crippen LogP contribution in [-0.2, 0) is 14.4 Å². The summed E-state index contributed by atoms with van der Waals surface area (Å²) in [6.07, 6.45) is 2.02. The fraction of sp³-hybridized carbons (Fsp3) is 0.727. The predicted octanol–water partition coefficient (Wildman–Crippen LogP) is -0.412. The summed E-state index contributed by atoms with van der Waals surface area (Å²) in [7, 11) is 0. The average Bonchev–Trinajstić information content (AvgIpc) is 2.77. The van der Waals surface area contributed by atoms with Crippen LogP contribution < -0.4 is 5.32 Å². The van der Waals surface area contributed by atoms with Gasteiger partial charge in [-0.05, 0) is 19.3 Å². The number of hydrogen-bond donors (Lipinski definition) is 2. The molecule has 0 saturated carbocycles. The first-order valence-corrected chi connectivity index (χ1v) is 5.89. The number of carboxylic acid groups (broad SMARTS) is 1. The third-order valence-corrected chi connectivity index (χ3v) is 3.42. The van der Waals surface area contributed by atoms with E-state index in [4.69, 9.17) is 5.11 Å². The molecule has 2 fully saturated rings. The second-order valence-corrected chi connectivity index (χ2v) is 4.57. The van der Waals surface area contributed by atoms with Crippen molar-refractivity contribution in [3.8, 4) is 0 Å². The number of rotatable bonds is 2. The van der Waals surface area contributed by atoms with Crippen LogP contribution in [0.25, 0.3) is 0 Å². The van der Waals surface area contributed by atoms with Crippen LogP contribution in [0.3, 0.4) is 0 Å². The zero-order valence-electron chi connectivity index (χ0n) is 9.52. The molecular weight excluding hydrogens is 224 g/mol. The lowest BCUT2D eigenvalue weighted by molar-refractivity contribution is -0.150. The van der Waals surface area contributed by atoms with E-state index in [1.165, 1.54) is 4.90 Å². The van der Waals surface area contributed by atoms with Crippen LogP contribution in [0.1, 0.15) is 25.7 Å². The van der Waals surface area contributed by atoms with Crippen molar-refractivity contribution in [2.24, 2.45) is 5.92 Å². The number of carboxylic acids is 1. The quantitative estimate of drug-likeness (QED) is 0.687. The molecule has 2 aliphatic rings. The summed E-state index contributed by atoms with van der Waals surface area (Å²) in [5.74, 6) is -1.59. The minimum Gasteiger partial charge on any atom is -0.480 e. The van der Waals surface area contributed by atoms with E-state index in [1.807, 2.05) is 0 Å². The Hall–Kier alpha value is -1.59. The van der Waals surface area contributed by atoms with Gasteiger partial charge in [-0.2, -0.15) is 0 Å². The monoisotopic (exact) mass is 240 g/mol. The minimum absolute atomic E-state index is 0.124. The summed E-state index contributed by atoms with van der Waals surface area (Å²) in [6.45, 7) is 0.995. The fourth-order valence-electron chi connectivity index (χ4n) is 2.52. The molecule has 0 aliphatic carbocycles. The third kappa shape index (κ3) is 2.40. The van der Waals surface area contributed by atoms with Gasteiger partial charge < -0.3 is 15.3 Å². The van der Waals surface area contributed by atoms with Crippen LogP contribution in [0.4, 0.5) is 0 Å². The zero-order valence-corrected chi connectivity index (χ0v) is 9.52. The number of likely N-dealkylation sites (tertiary alicyclic amines) is 1. The van der Waals surface area contributed by atoms with Crippen molar-refractivity contribution in [3.05, 3.63) is 0 Å². The number of nitrogens with one attached hydrogen (secondary N) is 1. The van der Waals surface area contributed by atoms with Gasteiger partial charge in [0.2, 0.25) is 11.8 Å². The van der Waals surface area contributed by atoms with Crippen LogP contribution in [0.15, 0.2) is 0 Å². The van der Waals surface area contributed by atoms with Gasteiger partial charge >= 0.3 is 5.97 Å². The third-order valence-electron chi connectivity index (χ3n) is 3.42. The van der Waals surface area contributed by atoms with Gasteiger partial charge in [0.25, 0.3) is 0 Å². The molecule has 2 aliphatic heterocycles. The van der Waals surface area contributed by atoms with Crippen molar-refractivity contribution < 1.29 is 19.5 Å². The van der Waals surface area contributed by atoms with Crippen molar-refractivity contribution in [1.82, 2.24) is 10.2 Å². The normalized spacial score (nSPS) is 28.9. The first-order valence-electron chi connectivity index (χ1n) is 5.89. The van der Waals surface area contributed by atoms with Crippen molar-refractivity contribution in [3.63, 3.8) is 0 Å². The van der Waals surface area contributed by atoms with E-state index in [9.17, 15) is 14.4 Å². The summed E-state index contributed by atoms with van der Waals surface area (Å²) in [5, 5.41) is 11.7. The maximum atomic E-state index is 12.1. The molecule has 2 atom stereocenters. The molecule has 0 aromatic heterocycles. The van der Waals surface area contributed by atoms with E-state index in [1.54, 1.807) is 0 Å². The Morgan fingerprint density at radius 3 is 2.76 bits per heavy atom. The average molecular weight is 240 g/mol. The van der Waals surface area contributed by atoms with E-state index in [0.717, 1.165) is 6.42 Å². The lowest BCUT2D eigenvalue weighted by Crippen LogP contribution is -2.47. The van der Waals surface area contributed by atoms with Crippen molar-refractivity contribution in [2.75, 3.05) is 13.1 Å². The number of piperidine rings is 1. The Balaban J connectivity index is 2.03. The van der Waals surface area contributed by atoms with Crippen molar-refractivity contribution in [2.45, 2.75) is 31.7 Å². The van der Waals surface area contributed by atoms with Crippen LogP contribution in [0, 0.1) is 5.92 Å². The number of aliphatic carboxylic acids is 1. The van der Waals surface area contributed by atoms with Crippen LogP contribution >= 0.6 is 0 Å². The highest BCUT2D eigenvalue weighted by molar-refractivity contribution is 5.89. The Morgan fingerprint density at radius 1 is 1.35 bits per heavy atom. The second-order valence-electron chi connectivity index (χ2n) is 4.57. The molecule has 6 heteroatoms. The highest BCUT2D eigenvalue weighted by Gasteiger charge is 2.38. The van der Waals surface area contributed by atoms with Crippen LogP contribution in [0.5, 0.6) is 0 Å². The topological polar surface area (TPSA) is 86.7 Å².